The van der Waals surface area contributed by atoms with Gasteiger partial charge >= 0.3 is 0 Å². The van der Waals surface area contributed by atoms with Gasteiger partial charge in [0.2, 0.25) is 5.91 Å². The van der Waals surface area contributed by atoms with Crippen LogP contribution in [0.1, 0.15) is 39.5 Å². The molecule has 1 aromatic heterocycles. The van der Waals surface area contributed by atoms with Crippen molar-refractivity contribution < 1.29 is 9.18 Å². The van der Waals surface area contributed by atoms with E-state index in [1.165, 1.54) is 28.8 Å². The van der Waals surface area contributed by atoms with Gasteiger partial charge in [-0.25, -0.2) is 9.37 Å². The molecule has 3 unspecified atom stereocenters. The van der Waals surface area contributed by atoms with Crippen LogP contribution in [0.4, 0.5) is 4.39 Å². The molecule has 1 fully saturated rings. The van der Waals surface area contributed by atoms with Crippen LogP contribution >= 0.6 is 11.8 Å². The fraction of sp³-hybridized carbons (Fsp3) is 0.375. The van der Waals surface area contributed by atoms with Crippen LogP contribution in [0.15, 0.2) is 58.5 Å². The number of benzene rings is 2. The van der Waals surface area contributed by atoms with E-state index >= 15 is 0 Å². The van der Waals surface area contributed by atoms with E-state index in [9.17, 15) is 14.0 Å². The predicted molar refractivity (Wildman–Crippen MR) is 122 cm³/mol. The van der Waals surface area contributed by atoms with E-state index in [0.717, 1.165) is 19.3 Å². The number of nitrogens with zero attached hydrogens (tertiary/aromatic N) is 2. The number of amides is 1. The lowest BCUT2D eigenvalue weighted by Crippen LogP contribution is -2.44. The van der Waals surface area contributed by atoms with E-state index < -0.39 is 11.1 Å². The molecule has 0 spiro atoms. The summed E-state index contributed by atoms with van der Waals surface area (Å²) in [5.74, 6) is -0.159. The number of carbonyl (C=O) groups excluding carboxylic acids is 1. The maximum absolute atomic E-state index is 14.6. The molecule has 5 nitrogen and oxygen atoms in total. The van der Waals surface area contributed by atoms with Gasteiger partial charge < -0.3 is 5.32 Å². The molecule has 1 N–H and O–H groups in total. The lowest BCUT2D eigenvalue weighted by Gasteiger charge is -2.30. The minimum Gasteiger partial charge on any atom is -0.352 e. The van der Waals surface area contributed by atoms with Crippen LogP contribution in [0.2, 0.25) is 0 Å². The Labute approximate surface area is 185 Å². The summed E-state index contributed by atoms with van der Waals surface area (Å²) in [6, 6.07) is 13.3. The standard InChI is InChI=1S/C24H26FN3O2S/c1-15-9-3-6-12-19(15)26-22(29)16(2)31-24-27-20-13-7-4-10-17(20)23(30)28(24)21-14-8-5-11-18(21)25/h4-5,7-8,10-11,13-16,19H,3,6,9,12H2,1-2H3,(H,26,29). The molecule has 3 atom stereocenters. The molecule has 162 valence electrons. The summed E-state index contributed by atoms with van der Waals surface area (Å²) in [4.78, 5) is 30.8. The second-order valence-corrected chi connectivity index (χ2v) is 9.45. The highest BCUT2D eigenvalue weighted by Crippen LogP contribution is 2.28. The Morgan fingerprint density at radius 1 is 1.16 bits per heavy atom. The summed E-state index contributed by atoms with van der Waals surface area (Å²) in [5.41, 5.74) is 0.296. The fourth-order valence-corrected chi connectivity index (χ4v) is 5.01. The van der Waals surface area contributed by atoms with Crippen molar-refractivity contribution in [3.05, 3.63) is 64.7 Å². The minimum atomic E-state index is -0.517. The normalized spacial score (nSPS) is 19.8. The zero-order valence-corrected chi connectivity index (χ0v) is 18.5. The Kier molecular flexibility index (Phi) is 6.41. The molecular formula is C24H26FN3O2S. The van der Waals surface area contributed by atoms with E-state index in [2.05, 4.69) is 17.2 Å². The zero-order chi connectivity index (χ0) is 22.0. The van der Waals surface area contributed by atoms with Gasteiger partial charge in [-0.2, -0.15) is 0 Å². The molecule has 0 saturated heterocycles. The first-order chi connectivity index (χ1) is 15.0. The Morgan fingerprint density at radius 2 is 1.87 bits per heavy atom. The van der Waals surface area contributed by atoms with Crippen LogP contribution < -0.4 is 10.9 Å². The summed E-state index contributed by atoms with van der Waals surface area (Å²) >= 11 is 1.17. The largest absolute Gasteiger partial charge is 0.352 e. The molecule has 1 amide bonds. The van der Waals surface area contributed by atoms with Gasteiger partial charge in [0.1, 0.15) is 5.82 Å². The maximum Gasteiger partial charge on any atom is 0.266 e. The number of rotatable bonds is 5. The fourth-order valence-electron chi connectivity index (χ4n) is 4.08. The average molecular weight is 440 g/mol. The topological polar surface area (TPSA) is 64.0 Å². The van der Waals surface area contributed by atoms with E-state index in [4.69, 9.17) is 0 Å². The summed E-state index contributed by atoms with van der Waals surface area (Å²) in [7, 11) is 0. The summed E-state index contributed by atoms with van der Waals surface area (Å²) in [5, 5.41) is 3.38. The monoisotopic (exact) mass is 439 g/mol. The van der Waals surface area contributed by atoms with Gasteiger partial charge in [0, 0.05) is 6.04 Å². The number of aromatic nitrogens is 2. The number of carbonyl (C=O) groups is 1. The van der Waals surface area contributed by atoms with Gasteiger partial charge in [0.15, 0.2) is 5.16 Å². The van der Waals surface area contributed by atoms with E-state index in [1.807, 2.05) is 0 Å². The van der Waals surface area contributed by atoms with Crippen LogP contribution in [0.5, 0.6) is 0 Å². The third-order valence-electron chi connectivity index (χ3n) is 5.93. The first-order valence-corrected chi connectivity index (χ1v) is 11.6. The first kappa shape index (κ1) is 21.6. The molecule has 3 aromatic rings. The summed E-state index contributed by atoms with van der Waals surface area (Å²) in [6.45, 7) is 3.96. The number of thioether (sulfide) groups is 1. The van der Waals surface area contributed by atoms with Gasteiger partial charge in [-0.3, -0.25) is 14.2 Å². The second-order valence-electron chi connectivity index (χ2n) is 8.14. The highest BCUT2D eigenvalue weighted by molar-refractivity contribution is 8.00. The molecule has 31 heavy (non-hydrogen) atoms. The molecular weight excluding hydrogens is 413 g/mol. The van der Waals surface area contributed by atoms with Gasteiger partial charge in [-0.05, 0) is 49.9 Å². The number of para-hydroxylation sites is 2. The molecule has 1 saturated carbocycles. The Morgan fingerprint density at radius 3 is 2.65 bits per heavy atom. The highest BCUT2D eigenvalue weighted by Gasteiger charge is 2.26. The van der Waals surface area contributed by atoms with Crippen LogP contribution in [-0.4, -0.2) is 26.8 Å². The van der Waals surface area contributed by atoms with Crippen LogP contribution in [-0.2, 0) is 4.79 Å². The minimum absolute atomic E-state index is 0.0914. The average Bonchev–Trinajstić information content (AvgIpc) is 2.76. The smallest absolute Gasteiger partial charge is 0.266 e. The van der Waals surface area contributed by atoms with Gasteiger partial charge in [0.25, 0.3) is 5.56 Å². The number of halogens is 1. The van der Waals surface area contributed by atoms with Crippen molar-refractivity contribution in [1.29, 1.82) is 0 Å². The van der Waals surface area contributed by atoms with Gasteiger partial charge in [0.05, 0.1) is 21.8 Å². The summed E-state index contributed by atoms with van der Waals surface area (Å²) in [6.07, 6.45) is 4.42. The first-order valence-electron chi connectivity index (χ1n) is 10.7. The lowest BCUT2D eigenvalue weighted by atomic mass is 9.86. The second kappa shape index (κ2) is 9.22. The SMILES string of the molecule is CC(Sc1nc2ccccc2c(=O)n1-c1ccccc1F)C(=O)NC1CCCCC1C. The van der Waals surface area contributed by atoms with Crippen molar-refractivity contribution in [2.75, 3.05) is 0 Å². The Bertz CT molecular complexity index is 1160. The molecule has 1 heterocycles. The maximum atomic E-state index is 14.6. The molecule has 1 aliphatic carbocycles. The predicted octanol–water partition coefficient (Wildman–Crippen LogP) is 4.70. The van der Waals surface area contributed by atoms with Crippen molar-refractivity contribution in [3.8, 4) is 5.69 Å². The zero-order valence-electron chi connectivity index (χ0n) is 17.7. The highest BCUT2D eigenvalue weighted by atomic mass is 32.2. The lowest BCUT2D eigenvalue weighted by molar-refractivity contribution is -0.121. The van der Waals surface area contributed by atoms with Crippen molar-refractivity contribution in [2.45, 2.75) is 56.0 Å². The third kappa shape index (κ3) is 4.51. The molecule has 7 heteroatoms. The molecule has 1 aliphatic rings. The third-order valence-corrected chi connectivity index (χ3v) is 6.98. The van der Waals surface area contributed by atoms with Crippen LogP contribution in [0, 0.1) is 11.7 Å². The van der Waals surface area contributed by atoms with E-state index in [1.54, 1.807) is 49.4 Å². The van der Waals surface area contributed by atoms with Crippen LogP contribution in [0.3, 0.4) is 0 Å². The van der Waals surface area contributed by atoms with E-state index in [-0.39, 0.29) is 23.2 Å². The van der Waals surface area contributed by atoms with Crippen molar-refractivity contribution in [1.82, 2.24) is 14.9 Å². The van der Waals surface area contributed by atoms with Gasteiger partial charge in [-0.1, -0.05) is 55.8 Å². The molecule has 0 aliphatic heterocycles. The van der Waals surface area contributed by atoms with Crippen LogP contribution in [0.25, 0.3) is 16.6 Å². The Balaban J connectivity index is 1.69. The molecule has 0 radical (unpaired) electrons. The quantitative estimate of drug-likeness (QED) is 0.462. The number of hydrogen-bond acceptors (Lipinski definition) is 4. The van der Waals surface area contributed by atoms with Crippen molar-refractivity contribution in [2.24, 2.45) is 5.92 Å². The number of nitrogens with one attached hydrogen (secondary N) is 1. The Hall–Kier alpha value is -2.67. The summed E-state index contributed by atoms with van der Waals surface area (Å²) < 4.78 is 15.9. The van der Waals surface area contributed by atoms with Crippen molar-refractivity contribution >= 4 is 28.6 Å². The molecule has 0 bridgehead atoms. The van der Waals surface area contributed by atoms with Gasteiger partial charge in [-0.15, -0.1) is 0 Å². The molecule has 2 aromatic carbocycles. The van der Waals surface area contributed by atoms with E-state index in [0.29, 0.717) is 22.0 Å². The number of fused-ring (bicyclic) bond motifs is 1. The number of hydrogen-bond donors (Lipinski definition) is 1. The van der Waals surface area contributed by atoms with Crippen molar-refractivity contribution in [3.63, 3.8) is 0 Å². The molecule has 4 rings (SSSR count).